The molecule has 1 unspecified atom stereocenters. The summed E-state index contributed by atoms with van der Waals surface area (Å²) in [6.45, 7) is 3.66. The van der Waals surface area contributed by atoms with Crippen molar-refractivity contribution in [2.75, 3.05) is 7.11 Å². The van der Waals surface area contributed by atoms with Crippen LogP contribution in [0.2, 0.25) is 0 Å². The van der Waals surface area contributed by atoms with Crippen molar-refractivity contribution in [2.45, 2.75) is 25.9 Å². The fraction of sp³-hybridized carbons (Fsp3) is 0.417. The van der Waals surface area contributed by atoms with E-state index in [0.29, 0.717) is 6.42 Å². The van der Waals surface area contributed by atoms with Crippen molar-refractivity contribution in [1.82, 2.24) is 0 Å². The highest BCUT2D eigenvalue weighted by Crippen LogP contribution is 2.26. The van der Waals surface area contributed by atoms with Crippen LogP contribution in [0.1, 0.15) is 25.8 Å². The fourth-order valence-corrected chi connectivity index (χ4v) is 1.49. The van der Waals surface area contributed by atoms with Crippen LogP contribution in [0.5, 0.6) is 0 Å². The van der Waals surface area contributed by atoms with Crippen molar-refractivity contribution >= 4 is 5.78 Å². The number of benzene rings is 1. The smallest absolute Gasteiger partial charge is 0.168 e. The molecule has 0 aliphatic carbocycles. The van der Waals surface area contributed by atoms with Gasteiger partial charge in [-0.2, -0.15) is 0 Å². The van der Waals surface area contributed by atoms with Gasteiger partial charge in [-0.1, -0.05) is 37.3 Å². The zero-order valence-corrected chi connectivity index (χ0v) is 8.91. The van der Waals surface area contributed by atoms with Crippen molar-refractivity contribution in [3.63, 3.8) is 0 Å². The third-order valence-corrected chi connectivity index (χ3v) is 2.59. The maximum absolute atomic E-state index is 11.7. The molecule has 2 nitrogen and oxygen atoms in total. The number of carbonyl (C=O) groups is 1. The van der Waals surface area contributed by atoms with Gasteiger partial charge in [0.2, 0.25) is 0 Å². The van der Waals surface area contributed by atoms with Gasteiger partial charge in [-0.25, -0.2) is 0 Å². The number of rotatable bonds is 4. The normalized spacial score (nSPS) is 14.8. The Morgan fingerprint density at radius 2 is 1.93 bits per heavy atom. The Kier molecular flexibility index (Phi) is 3.42. The number of carbonyl (C=O) groups excluding carboxylic acids is 1. The van der Waals surface area contributed by atoms with Crippen molar-refractivity contribution in [3.8, 4) is 0 Å². The van der Waals surface area contributed by atoms with Crippen LogP contribution in [-0.2, 0) is 15.1 Å². The highest BCUT2D eigenvalue weighted by molar-refractivity contribution is 5.87. The molecule has 1 atom stereocenters. The van der Waals surface area contributed by atoms with Gasteiger partial charge in [0.1, 0.15) is 5.60 Å². The molecule has 0 heterocycles. The van der Waals surface area contributed by atoms with E-state index in [9.17, 15) is 4.79 Å². The Balaban J connectivity index is 3.08. The average Bonchev–Trinajstić information content (AvgIpc) is 2.28. The van der Waals surface area contributed by atoms with E-state index in [4.69, 9.17) is 4.74 Å². The molecule has 14 heavy (non-hydrogen) atoms. The number of ketones is 1. The molecule has 0 spiro atoms. The fourth-order valence-electron chi connectivity index (χ4n) is 1.49. The minimum atomic E-state index is -0.796. The van der Waals surface area contributed by atoms with Crippen LogP contribution in [0.25, 0.3) is 0 Å². The van der Waals surface area contributed by atoms with E-state index in [1.54, 1.807) is 7.11 Å². The Hall–Kier alpha value is -1.15. The van der Waals surface area contributed by atoms with E-state index in [-0.39, 0.29) is 5.78 Å². The predicted octanol–water partition coefficient (Wildman–Crippen LogP) is 2.53. The summed E-state index contributed by atoms with van der Waals surface area (Å²) in [6, 6.07) is 9.58. The van der Waals surface area contributed by atoms with Crippen LogP contribution in [0.15, 0.2) is 30.3 Å². The van der Waals surface area contributed by atoms with E-state index >= 15 is 0 Å². The Bertz CT molecular complexity index is 305. The molecule has 0 N–H and O–H groups in total. The van der Waals surface area contributed by atoms with Gasteiger partial charge in [0.15, 0.2) is 5.78 Å². The molecule has 0 aliphatic heterocycles. The second-order valence-corrected chi connectivity index (χ2v) is 3.38. The quantitative estimate of drug-likeness (QED) is 0.732. The van der Waals surface area contributed by atoms with E-state index in [1.807, 2.05) is 44.2 Å². The van der Waals surface area contributed by atoms with Gasteiger partial charge in [-0.3, -0.25) is 4.79 Å². The Morgan fingerprint density at radius 3 is 2.36 bits per heavy atom. The molecule has 1 aromatic carbocycles. The first-order chi connectivity index (χ1) is 6.65. The van der Waals surface area contributed by atoms with Crippen LogP contribution < -0.4 is 0 Å². The molecule has 0 bridgehead atoms. The van der Waals surface area contributed by atoms with Crippen molar-refractivity contribution in [3.05, 3.63) is 35.9 Å². The molecule has 2 heteroatoms. The van der Waals surface area contributed by atoms with Crippen LogP contribution in [0, 0.1) is 0 Å². The number of Topliss-reactive ketones (excluding diaryl/α,β-unsaturated/α-hetero) is 1. The number of methoxy groups -OCH3 is 1. The summed E-state index contributed by atoms with van der Waals surface area (Å²) in [5.74, 6) is 0.103. The summed E-state index contributed by atoms with van der Waals surface area (Å²) in [5.41, 5.74) is 0.116. The predicted molar refractivity (Wildman–Crippen MR) is 56.1 cm³/mol. The maximum atomic E-state index is 11.7. The summed E-state index contributed by atoms with van der Waals surface area (Å²) in [5, 5.41) is 0. The monoisotopic (exact) mass is 192 g/mol. The van der Waals surface area contributed by atoms with Crippen LogP contribution >= 0.6 is 0 Å². The molecule has 1 rings (SSSR count). The number of hydrogen-bond donors (Lipinski definition) is 0. The third kappa shape index (κ3) is 1.85. The molecule has 0 saturated carbocycles. The first-order valence-electron chi connectivity index (χ1n) is 4.79. The highest BCUT2D eigenvalue weighted by Gasteiger charge is 2.32. The Morgan fingerprint density at radius 1 is 1.36 bits per heavy atom. The molecule has 76 valence electrons. The molecular formula is C12H16O2. The van der Waals surface area contributed by atoms with E-state index in [2.05, 4.69) is 0 Å². The van der Waals surface area contributed by atoms with E-state index < -0.39 is 5.60 Å². The molecule has 0 radical (unpaired) electrons. The standard InChI is InChI=1S/C12H16O2/c1-4-11(13)12(2,14-3)10-8-6-5-7-9-10/h5-9H,4H2,1-3H3. The van der Waals surface area contributed by atoms with Crippen LogP contribution in [0.3, 0.4) is 0 Å². The molecule has 0 aromatic heterocycles. The first-order valence-corrected chi connectivity index (χ1v) is 4.79. The number of ether oxygens (including phenoxy) is 1. The zero-order chi connectivity index (χ0) is 10.6. The summed E-state index contributed by atoms with van der Waals surface area (Å²) < 4.78 is 5.33. The van der Waals surface area contributed by atoms with Gasteiger partial charge in [-0.15, -0.1) is 0 Å². The van der Waals surface area contributed by atoms with Crippen molar-refractivity contribution < 1.29 is 9.53 Å². The van der Waals surface area contributed by atoms with E-state index in [0.717, 1.165) is 5.56 Å². The zero-order valence-electron chi connectivity index (χ0n) is 8.91. The molecular weight excluding hydrogens is 176 g/mol. The summed E-state index contributed by atoms with van der Waals surface area (Å²) >= 11 is 0. The summed E-state index contributed by atoms with van der Waals surface area (Å²) in [7, 11) is 1.57. The van der Waals surface area contributed by atoms with Crippen LogP contribution in [-0.4, -0.2) is 12.9 Å². The lowest BCUT2D eigenvalue weighted by molar-refractivity contribution is -0.139. The second-order valence-electron chi connectivity index (χ2n) is 3.38. The van der Waals surface area contributed by atoms with Gasteiger partial charge >= 0.3 is 0 Å². The third-order valence-electron chi connectivity index (χ3n) is 2.59. The molecule has 1 aromatic rings. The molecule has 0 aliphatic rings. The second kappa shape index (κ2) is 4.38. The minimum absolute atomic E-state index is 0.103. The molecule has 0 saturated heterocycles. The van der Waals surface area contributed by atoms with Crippen LogP contribution in [0.4, 0.5) is 0 Å². The SMILES string of the molecule is CCC(=O)C(C)(OC)c1ccccc1. The van der Waals surface area contributed by atoms with Gasteiger partial charge in [0, 0.05) is 13.5 Å². The molecule has 0 fully saturated rings. The summed E-state index contributed by atoms with van der Waals surface area (Å²) in [4.78, 5) is 11.7. The lowest BCUT2D eigenvalue weighted by Crippen LogP contribution is -2.34. The van der Waals surface area contributed by atoms with Gasteiger partial charge in [-0.05, 0) is 12.5 Å². The van der Waals surface area contributed by atoms with Crippen molar-refractivity contribution in [2.24, 2.45) is 0 Å². The van der Waals surface area contributed by atoms with E-state index in [1.165, 1.54) is 0 Å². The first kappa shape index (κ1) is 10.9. The van der Waals surface area contributed by atoms with Gasteiger partial charge in [0.25, 0.3) is 0 Å². The largest absolute Gasteiger partial charge is 0.366 e. The van der Waals surface area contributed by atoms with Gasteiger partial charge in [0.05, 0.1) is 0 Å². The summed E-state index contributed by atoms with van der Waals surface area (Å²) in [6.07, 6.45) is 0.485. The van der Waals surface area contributed by atoms with Crippen molar-refractivity contribution in [1.29, 1.82) is 0 Å². The van der Waals surface area contributed by atoms with Gasteiger partial charge < -0.3 is 4.74 Å². The molecule has 0 amide bonds. The topological polar surface area (TPSA) is 26.3 Å². The number of hydrogen-bond acceptors (Lipinski definition) is 2. The highest BCUT2D eigenvalue weighted by atomic mass is 16.5. The Labute approximate surface area is 84.9 Å². The minimum Gasteiger partial charge on any atom is -0.366 e. The average molecular weight is 192 g/mol. The lowest BCUT2D eigenvalue weighted by Gasteiger charge is -2.26. The maximum Gasteiger partial charge on any atom is 0.168 e. The lowest BCUT2D eigenvalue weighted by atomic mass is 9.90.